The number of pyridine rings is 3. The second-order valence-corrected chi connectivity index (χ2v) is 8.20. The number of nitrogens with one attached hydrogen (secondary N) is 2. The molecule has 5 rings (SSSR count). The number of aromatic nitrogens is 5. The van der Waals surface area contributed by atoms with E-state index in [1.807, 2.05) is 30.3 Å². The fraction of sp³-hybridized carbons (Fsp3) is 0.286. The summed E-state index contributed by atoms with van der Waals surface area (Å²) in [5, 5.41) is 17.1. The average Bonchev–Trinajstić information content (AvgIpc) is 3.46. The lowest BCUT2D eigenvalue weighted by molar-refractivity contribution is 0.400. The molecular formula is C21H21N7OS. The molecule has 0 spiro atoms. The van der Waals surface area contributed by atoms with Crippen LogP contribution in [0.2, 0.25) is 0 Å². The van der Waals surface area contributed by atoms with Crippen LogP contribution in [-0.2, 0) is 0 Å². The molecule has 4 aromatic heterocycles. The quantitative estimate of drug-likeness (QED) is 0.449. The van der Waals surface area contributed by atoms with Crippen LogP contribution in [0.3, 0.4) is 0 Å². The van der Waals surface area contributed by atoms with Crippen molar-refractivity contribution < 1.29 is 4.74 Å². The number of methoxy groups -OCH3 is 1. The van der Waals surface area contributed by atoms with Crippen LogP contribution in [0, 0.1) is 0 Å². The van der Waals surface area contributed by atoms with Gasteiger partial charge in [-0.2, -0.15) is 0 Å². The van der Waals surface area contributed by atoms with Crippen LogP contribution in [0.4, 0.5) is 22.3 Å². The molecule has 8 nitrogen and oxygen atoms in total. The Hall–Kier alpha value is -3.33. The van der Waals surface area contributed by atoms with Crippen LogP contribution in [0.1, 0.15) is 36.6 Å². The summed E-state index contributed by atoms with van der Waals surface area (Å²) in [4.78, 5) is 13.4. The van der Waals surface area contributed by atoms with Gasteiger partial charge in [0.15, 0.2) is 0 Å². The first-order chi connectivity index (χ1) is 14.8. The molecule has 152 valence electrons. The summed E-state index contributed by atoms with van der Waals surface area (Å²) in [6, 6.07) is 9.55. The number of ether oxygens (including phenoxy) is 1. The van der Waals surface area contributed by atoms with E-state index in [9.17, 15) is 0 Å². The zero-order valence-corrected chi connectivity index (χ0v) is 17.3. The van der Waals surface area contributed by atoms with Crippen molar-refractivity contribution in [3.8, 4) is 5.88 Å². The Balaban J connectivity index is 1.37. The maximum atomic E-state index is 5.30. The van der Waals surface area contributed by atoms with E-state index in [-0.39, 0.29) is 0 Å². The van der Waals surface area contributed by atoms with Gasteiger partial charge in [0, 0.05) is 12.1 Å². The number of hydrogen-bond donors (Lipinski definition) is 2. The first-order valence-corrected chi connectivity index (χ1v) is 10.7. The fourth-order valence-corrected chi connectivity index (χ4v) is 4.60. The summed E-state index contributed by atoms with van der Waals surface area (Å²) in [5.74, 6) is 1.80. The zero-order valence-electron chi connectivity index (χ0n) is 16.5. The van der Waals surface area contributed by atoms with Crippen molar-refractivity contribution in [1.82, 2.24) is 25.1 Å². The molecule has 0 aromatic carbocycles. The lowest BCUT2D eigenvalue weighted by Gasteiger charge is -2.10. The predicted molar refractivity (Wildman–Crippen MR) is 118 cm³/mol. The molecule has 4 aromatic rings. The normalized spacial score (nSPS) is 14.2. The van der Waals surface area contributed by atoms with Gasteiger partial charge in [-0.25, -0.2) is 9.97 Å². The van der Waals surface area contributed by atoms with E-state index in [2.05, 4.69) is 30.8 Å². The van der Waals surface area contributed by atoms with Crippen molar-refractivity contribution in [3.63, 3.8) is 0 Å². The SMILES string of the molecule is COc1ncccc1Nc1cnc2ccc(Nc3nnc(C4CCCC4)s3)nc2c1. The number of anilines is 4. The van der Waals surface area contributed by atoms with Crippen molar-refractivity contribution in [1.29, 1.82) is 0 Å². The maximum Gasteiger partial charge on any atom is 0.237 e. The van der Waals surface area contributed by atoms with Crippen molar-refractivity contribution in [2.45, 2.75) is 31.6 Å². The maximum absolute atomic E-state index is 5.30. The minimum Gasteiger partial charge on any atom is -0.480 e. The Kier molecular flexibility index (Phi) is 5.10. The standard InChI is InChI=1S/C21H21N7OS/c1-29-19-16(7-4-10-22-19)24-14-11-17-15(23-12-14)8-9-18(25-17)26-21-28-27-20(30-21)13-5-2-3-6-13/h4,7-13,24H,2-3,5-6H2,1H3,(H,25,26,28). The van der Waals surface area contributed by atoms with E-state index < -0.39 is 0 Å². The molecule has 0 unspecified atom stereocenters. The molecule has 1 aliphatic rings. The fourth-order valence-electron chi connectivity index (χ4n) is 3.68. The summed E-state index contributed by atoms with van der Waals surface area (Å²) in [7, 11) is 1.59. The Labute approximate surface area is 177 Å². The highest BCUT2D eigenvalue weighted by molar-refractivity contribution is 7.15. The molecule has 4 heterocycles. The van der Waals surface area contributed by atoms with Gasteiger partial charge in [-0.3, -0.25) is 4.98 Å². The summed E-state index contributed by atoms with van der Waals surface area (Å²) in [6.07, 6.45) is 8.45. The smallest absolute Gasteiger partial charge is 0.237 e. The molecule has 0 amide bonds. The lowest BCUT2D eigenvalue weighted by Crippen LogP contribution is -1.98. The van der Waals surface area contributed by atoms with Crippen LogP contribution in [0.15, 0.2) is 42.7 Å². The molecule has 30 heavy (non-hydrogen) atoms. The van der Waals surface area contributed by atoms with Gasteiger partial charge in [0.2, 0.25) is 11.0 Å². The van der Waals surface area contributed by atoms with Crippen molar-refractivity contribution in [3.05, 3.63) is 47.7 Å². The predicted octanol–water partition coefficient (Wildman–Crippen LogP) is 5.03. The monoisotopic (exact) mass is 419 g/mol. The first-order valence-electron chi connectivity index (χ1n) is 9.92. The topological polar surface area (TPSA) is 97.7 Å². The van der Waals surface area contributed by atoms with E-state index >= 15 is 0 Å². The number of fused-ring (bicyclic) bond motifs is 1. The van der Waals surface area contributed by atoms with Gasteiger partial charge in [-0.05, 0) is 43.2 Å². The minimum absolute atomic E-state index is 0.523. The molecule has 0 bridgehead atoms. The third kappa shape index (κ3) is 3.88. The summed E-state index contributed by atoms with van der Waals surface area (Å²) >= 11 is 1.62. The van der Waals surface area contributed by atoms with E-state index in [1.165, 1.54) is 25.7 Å². The Morgan fingerprint density at radius 1 is 1.03 bits per heavy atom. The molecule has 0 atom stereocenters. The first kappa shape index (κ1) is 18.7. The minimum atomic E-state index is 0.523. The van der Waals surface area contributed by atoms with Crippen molar-refractivity contribution >= 4 is 44.7 Å². The Morgan fingerprint density at radius 2 is 1.93 bits per heavy atom. The molecule has 0 saturated heterocycles. The molecule has 1 fully saturated rings. The van der Waals surface area contributed by atoms with E-state index in [1.54, 1.807) is 30.8 Å². The summed E-state index contributed by atoms with van der Waals surface area (Å²) in [6.45, 7) is 0. The highest BCUT2D eigenvalue weighted by Crippen LogP contribution is 2.37. The molecule has 0 radical (unpaired) electrons. The summed E-state index contributed by atoms with van der Waals surface area (Å²) in [5.41, 5.74) is 3.16. The summed E-state index contributed by atoms with van der Waals surface area (Å²) < 4.78 is 5.30. The Bertz CT molecular complexity index is 1170. The van der Waals surface area contributed by atoms with Gasteiger partial charge in [-0.1, -0.05) is 24.2 Å². The van der Waals surface area contributed by atoms with Gasteiger partial charge >= 0.3 is 0 Å². The zero-order chi connectivity index (χ0) is 20.3. The van der Waals surface area contributed by atoms with Crippen molar-refractivity contribution in [2.24, 2.45) is 0 Å². The van der Waals surface area contributed by atoms with E-state index in [0.29, 0.717) is 11.8 Å². The largest absolute Gasteiger partial charge is 0.480 e. The second-order valence-electron chi connectivity index (χ2n) is 7.20. The van der Waals surface area contributed by atoms with Crippen LogP contribution >= 0.6 is 11.3 Å². The Morgan fingerprint density at radius 3 is 2.80 bits per heavy atom. The van der Waals surface area contributed by atoms with Gasteiger partial charge in [0.1, 0.15) is 16.5 Å². The van der Waals surface area contributed by atoms with Gasteiger partial charge in [0.25, 0.3) is 0 Å². The van der Waals surface area contributed by atoms with Crippen LogP contribution in [-0.4, -0.2) is 32.3 Å². The van der Waals surface area contributed by atoms with E-state index in [0.717, 1.165) is 38.4 Å². The highest BCUT2D eigenvalue weighted by Gasteiger charge is 2.21. The van der Waals surface area contributed by atoms with Gasteiger partial charge in [-0.15, -0.1) is 10.2 Å². The molecule has 1 aliphatic carbocycles. The van der Waals surface area contributed by atoms with Crippen LogP contribution in [0.5, 0.6) is 5.88 Å². The molecule has 1 saturated carbocycles. The van der Waals surface area contributed by atoms with Crippen molar-refractivity contribution in [2.75, 3.05) is 17.7 Å². The highest BCUT2D eigenvalue weighted by atomic mass is 32.1. The van der Waals surface area contributed by atoms with Gasteiger partial charge < -0.3 is 15.4 Å². The van der Waals surface area contributed by atoms with Gasteiger partial charge in [0.05, 0.1) is 30.0 Å². The molecule has 9 heteroatoms. The van der Waals surface area contributed by atoms with Crippen LogP contribution < -0.4 is 15.4 Å². The lowest BCUT2D eigenvalue weighted by atomic mass is 10.1. The number of nitrogens with zero attached hydrogens (tertiary/aromatic N) is 5. The number of rotatable bonds is 6. The third-order valence-electron chi connectivity index (χ3n) is 5.16. The number of hydrogen-bond acceptors (Lipinski definition) is 9. The second kappa shape index (κ2) is 8.19. The average molecular weight is 420 g/mol. The molecule has 0 aliphatic heterocycles. The molecular weight excluding hydrogens is 398 g/mol. The van der Waals surface area contributed by atoms with E-state index in [4.69, 9.17) is 9.72 Å². The third-order valence-corrected chi connectivity index (χ3v) is 6.16. The van der Waals surface area contributed by atoms with Crippen LogP contribution in [0.25, 0.3) is 11.0 Å². The molecule has 2 N–H and O–H groups in total.